The molecule has 0 heterocycles. The first-order chi connectivity index (χ1) is 9.60. The Morgan fingerprint density at radius 2 is 1.75 bits per heavy atom. The van der Waals surface area contributed by atoms with Crippen molar-refractivity contribution >= 4 is 46.4 Å². The maximum atomic E-state index is 12.1. The van der Waals surface area contributed by atoms with Crippen LogP contribution in [0.25, 0.3) is 0 Å². The Kier molecular flexibility index (Phi) is 5.30. The van der Waals surface area contributed by atoms with Crippen LogP contribution in [0.3, 0.4) is 0 Å². The number of benzene rings is 2. The van der Waals surface area contributed by atoms with Gasteiger partial charge in [-0.1, -0.05) is 35.3 Å². The van der Waals surface area contributed by atoms with Gasteiger partial charge in [-0.2, -0.15) is 0 Å². The van der Waals surface area contributed by atoms with E-state index in [-0.39, 0.29) is 5.91 Å². The Labute approximate surface area is 132 Å². The molecule has 0 saturated heterocycles. The first-order valence-corrected chi connectivity index (χ1v) is 7.30. The molecule has 1 amide bonds. The average Bonchev–Trinajstić information content (AvgIpc) is 2.44. The SMILES string of the molecule is O=C(Nc1ccc(CCCl)cc1)c1cc(Cl)ccc1Cl. The second-order valence-electron chi connectivity index (χ2n) is 4.21. The van der Waals surface area contributed by atoms with Crippen LogP contribution >= 0.6 is 34.8 Å². The summed E-state index contributed by atoms with van der Waals surface area (Å²) in [4.78, 5) is 12.1. The highest BCUT2D eigenvalue weighted by Crippen LogP contribution is 2.22. The molecular weight excluding hydrogens is 317 g/mol. The number of amides is 1. The quantitative estimate of drug-likeness (QED) is 0.784. The van der Waals surface area contributed by atoms with Crippen LogP contribution in [0.2, 0.25) is 10.0 Å². The molecule has 2 aromatic carbocycles. The molecule has 1 N–H and O–H groups in total. The van der Waals surface area contributed by atoms with Crippen molar-refractivity contribution in [2.45, 2.75) is 6.42 Å². The molecule has 0 fully saturated rings. The molecule has 2 nitrogen and oxygen atoms in total. The van der Waals surface area contributed by atoms with Gasteiger partial charge in [0, 0.05) is 16.6 Å². The standard InChI is InChI=1S/C15H12Cl3NO/c16-8-7-10-1-4-12(5-2-10)19-15(20)13-9-11(17)3-6-14(13)18/h1-6,9H,7-8H2,(H,19,20). The number of carbonyl (C=O) groups is 1. The van der Waals surface area contributed by atoms with Crippen LogP contribution in [0.1, 0.15) is 15.9 Å². The lowest BCUT2D eigenvalue weighted by Crippen LogP contribution is -2.12. The predicted octanol–water partition coefficient (Wildman–Crippen LogP) is 5.03. The Morgan fingerprint density at radius 3 is 2.40 bits per heavy atom. The zero-order chi connectivity index (χ0) is 14.5. The van der Waals surface area contributed by atoms with Crippen LogP contribution in [-0.4, -0.2) is 11.8 Å². The summed E-state index contributed by atoms with van der Waals surface area (Å²) >= 11 is 17.5. The number of nitrogens with one attached hydrogen (secondary N) is 1. The van der Waals surface area contributed by atoms with Gasteiger partial charge in [0.1, 0.15) is 0 Å². The van der Waals surface area contributed by atoms with Gasteiger partial charge in [0.15, 0.2) is 0 Å². The highest BCUT2D eigenvalue weighted by Gasteiger charge is 2.11. The van der Waals surface area contributed by atoms with E-state index in [4.69, 9.17) is 34.8 Å². The highest BCUT2D eigenvalue weighted by molar-refractivity contribution is 6.36. The van der Waals surface area contributed by atoms with Crippen molar-refractivity contribution in [1.29, 1.82) is 0 Å². The maximum Gasteiger partial charge on any atom is 0.257 e. The van der Waals surface area contributed by atoms with Gasteiger partial charge in [0.05, 0.1) is 10.6 Å². The van der Waals surface area contributed by atoms with E-state index >= 15 is 0 Å². The Hall–Kier alpha value is -1.22. The molecule has 2 rings (SSSR count). The topological polar surface area (TPSA) is 29.1 Å². The van der Waals surface area contributed by atoms with Crippen LogP contribution in [-0.2, 0) is 6.42 Å². The first kappa shape index (κ1) is 15.2. The molecule has 0 aliphatic carbocycles. The second kappa shape index (κ2) is 6.98. The fourth-order valence-corrected chi connectivity index (χ4v) is 2.33. The molecule has 0 unspecified atom stereocenters. The zero-order valence-corrected chi connectivity index (χ0v) is 12.8. The van der Waals surface area contributed by atoms with E-state index in [0.717, 1.165) is 12.0 Å². The number of anilines is 1. The third-order valence-corrected chi connectivity index (χ3v) is 3.52. The lowest BCUT2D eigenvalue weighted by Gasteiger charge is -2.08. The van der Waals surface area contributed by atoms with Crippen LogP contribution in [0.15, 0.2) is 42.5 Å². The van der Waals surface area contributed by atoms with E-state index < -0.39 is 0 Å². The number of alkyl halides is 1. The predicted molar refractivity (Wildman–Crippen MR) is 85.3 cm³/mol. The molecule has 20 heavy (non-hydrogen) atoms. The largest absolute Gasteiger partial charge is 0.322 e. The maximum absolute atomic E-state index is 12.1. The van der Waals surface area contributed by atoms with E-state index in [1.54, 1.807) is 18.2 Å². The summed E-state index contributed by atoms with van der Waals surface area (Å²) in [5.74, 6) is 0.284. The van der Waals surface area contributed by atoms with Crippen molar-refractivity contribution in [3.63, 3.8) is 0 Å². The lowest BCUT2D eigenvalue weighted by molar-refractivity contribution is 0.102. The summed E-state index contributed by atoms with van der Waals surface area (Å²) in [6, 6.07) is 12.3. The number of hydrogen-bond acceptors (Lipinski definition) is 1. The molecule has 0 aliphatic heterocycles. The Morgan fingerprint density at radius 1 is 1.05 bits per heavy atom. The van der Waals surface area contributed by atoms with Crippen molar-refractivity contribution in [2.75, 3.05) is 11.2 Å². The van der Waals surface area contributed by atoms with Crippen molar-refractivity contribution < 1.29 is 4.79 Å². The summed E-state index contributed by atoms with van der Waals surface area (Å²) in [5.41, 5.74) is 2.17. The van der Waals surface area contributed by atoms with Gasteiger partial charge in [-0.15, -0.1) is 11.6 Å². The average molecular weight is 329 g/mol. The fourth-order valence-electron chi connectivity index (χ4n) is 1.73. The molecule has 2 aromatic rings. The summed E-state index contributed by atoms with van der Waals surface area (Å²) < 4.78 is 0. The van der Waals surface area contributed by atoms with Gasteiger partial charge >= 0.3 is 0 Å². The summed E-state index contributed by atoms with van der Waals surface area (Å²) in [6.07, 6.45) is 0.801. The third-order valence-electron chi connectivity index (χ3n) is 2.77. The van der Waals surface area contributed by atoms with Crippen molar-refractivity contribution in [3.05, 3.63) is 63.6 Å². The number of rotatable bonds is 4. The van der Waals surface area contributed by atoms with Crippen LogP contribution in [0, 0.1) is 0 Å². The van der Waals surface area contributed by atoms with Crippen molar-refractivity contribution in [1.82, 2.24) is 0 Å². The highest BCUT2D eigenvalue weighted by atomic mass is 35.5. The first-order valence-electron chi connectivity index (χ1n) is 6.01. The number of aryl methyl sites for hydroxylation is 1. The molecule has 104 valence electrons. The Balaban J connectivity index is 2.13. The van der Waals surface area contributed by atoms with Crippen LogP contribution < -0.4 is 5.32 Å². The number of carbonyl (C=O) groups excluding carboxylic acids is 1. The van der Waals surface area contributed by atoms with E-state index in [0.29, 0.717) is 27.2 Å². The van der Waals surface area contributed by atoms with E-state index in [2.05, 4.69) is 5.32 Å². The van der Waals surface area contributed by atoms with Crippen molar-refractivity contribution in [3.8, 4) is 0 Å². The number of hydrogen-bond donors (Lipinski definition) is 1. The van der Waals surface area contributed by atoms with Gasteiger partial charge in [0.25, 0.3) is 5.91 Å². The summed E-state index contributed by atoms with van der Waals surface area (Å²) in [6.45, 7) is 0. The van der Waals surface area contributed by atoms with E-state index in [9.17, 15) is 4.79 Å². The van der Waals surface area contributed by atoms with Crippen LogP contribution in [0.4, 0.5) is 5.69 Å². The van der Waals surface area contributed by atoms with Gasteiger partial charge < -0.3 is 5.32 Å². The van der Waals surface area contributed by atoms with Crippen molar-refractivity contribution in [2.24, 2.45) is 0 Å². The normalized spacial score (nSPS) is 10.3. The molecule has 0 aromatic heterocycles. The van der Waals surface area contributed by atoms with E-state index in [1.165, 1.54) is 0 Å². The zero-order valence-electron chi connectivity index (χ0n) is 10.5. The van der Waals surface area contributed by atoms with E-state index in [1.807, 2.05) is 24.3 Å². The minimum absolute atomic E-state index is 0.289. The minimum Gasteiger partial charge on any atom is -0.322 e. The van der Waals surface area contributed by atoms with Gasteiger partial charge in [0.2, 0.25) is 0 Å². The monoisotopic (exact) mass is 327 g/mol. The third kappa shape index (κ3) is 3.89. The molecule has 5 heteroatoms. The molecule has 0 aliphatic rings. The lowest BCUT2D eigenvalue weighted by atomic mass is 10.1. The molecule has 0 spiro atoms. The van der Waals surface area contributed by atoms with Gasteiger partial charge in [-0.05, 0) is 42.3 Å². The Bertz CT molecular complexity index is 611. The molecular formula is C15H12Cl3NO. The molecule has 0 saturated carbocycles. The van der Waals surface area contributed by atoms with Gasteiger partial charge in [-0.3, -0.25) is 4.79 Å². The summed E-state index contributed by atoms with van der Waals surface area (Å²) in [5, 5.41) is 3.62. The molecule has 0 bridgehead atoms. The number of halogens is 3. The van der Waals surface area contributed by atoms with Crippen LogP contribution in [0.5, 0.6) is 0 Å². The minimum atomic E-state index is -0.289. The summed E-state index contributed by atoms with van der Waals surface area (Å²) in [7, 11) is 0. The smallest absolute Gasteiger partial charge is 0.257 e. The fraction of sp³-hybridized carbons (Fsp3) is 0.133. The van der Waals surface area contributed by atoms with Gasteiger partial charge in [-0.25, -0.2) is 0 Å². The second-order valence-corrected chi connectivity index (χ2v) is 5.44. The molecule has 0 atom stereocenters. The molecule has 0 radical (unpaired) electrons.